The first kappa shape index (κ1) is 15.9. The lowest BCUT2D eigenvalue weighted by Crippen LogP contribution is -2.22. The quantitative estimate of drug-likeness (QED) is 0.471. The predicted molar refractivity (Wildman–Crippen MR) is 97.2 cm³/mol. The van der Waals surface area contributed by atoms with Gasteiger partial charge in [0.2, 0.25) is 0 Å². The number of benzene rings is 2. The van der Waals surface area contributed by atoms with E-state index < -0.39 is 4.92 Å². The van der Waals surface area contributed by atoms with Gasteiger partial charge in [-0.3, -0.25) is 15.1 Å². The summed E-state index contributed by atoms with van der Waals surface area (Å²) in [5.74, 6) is 0. The number of aliphatic imine (C=N–C) groups is 1. The lowest BCUT2D eigenvalue weighted by Gasteiger charge is -2.23. The summed E-state index contributed by atoms with van der Waals surface area (Å²) in [5.41, 5.74) is 4.33. The molecular formula is C19H19N3O2. The van der Waals surface area contributed by atoms with Gasteiger partial charge in [-0.2, -0.15) is 0 Å². The Kier molecular flexibility index (Phi) is 3.93. The zero-order valence-electron chi connectivity index (χ0n) is 13.9. The average molecular weight is 321 g/mol. The zero-order chi connectivity index (χ0) is 17.3. The second-order valence-electron chi connectivity index (χ2n) is 6.30. The van der Waals surface area contributed by atoms with Crippen molar-refractivity contribution in [3.63, 3.8) is 0 Å². The summed E-state index contributed by atoms with van der Waals surface area (Å²) in [4.78, 5) is 16.8. The van der Waals surface area contributed by atoms with Crippen LogP contribution in [0.3, 0.4) is 0 Å². The minimum absolute atomic E-state index is 0.0689. The van der Waals surface area contributed by atoms with Crippen LogP contribution in [0.15, 0.2) is 65.3 Å². The monoisotopic (exact) mass is 321 g/mol. The second-order valence-corrected chi connectivity index (χ2v) is 6.30. The maximum atomic E-state index is 10.7. The number of fused-ring (bicyclic) bond motifs is 1. The number of likely N-dealkylation sites (N-methyl/N-ethyl adjacent to an activating group) is 1. The number of anilines is 1. The number of hydrogen-bond donors (Lipinski definition) is 0. The van der Waals surface area contributed by atoms with Crippen molar-refractivity contribution >= 4 is 23.3 Å². The van der Waals surface area contributed by atoms with Gasteiger partial charge in [-0.25, -0.2) is 0 Å². The molecule has 3 rings (SSSR count). The number of non-ortho nitro benzene ring substituents is 1. The minimum atomic E-state index is -0.414. The van der Waals surface area contributed by atoms with E-state index in [1.165, 1.54) is 23.4 Å². The normalized spacial score (nSPS) is 17.5. The Bertz CT molecular complexity index is 836. The third kappa shape index (κ3) is 2.69. The maximum Gasteiger partial charge on any atom is 0.269 e. The fraction of sp³-hybridized carbons (Fsp3) is 0.211. The lowest BCUT2D eigenvalue weighted by molar-refractivity contribution is -0.384. The van der Waals surface area contributed by atoms with Crippen molar-refractivity contribution < 1.29 is 4.92 Å². The van der Waals surface area contributed by atoms with Crippen molar-refractivity contribution in [2.24, 2.45) is 4.99 Å². The highest BCUT2D eigenvalue weighted by Crippen LogP contribution is 2.46. The van der Waals surface area contributed by atoms with Gasteiger partial charge in [-0.15, -0.1) is 0 Å². The molecule has 2 aromatic carbocycles. The van der Waals surface area contributed by atoms with Gasteiger partial charge >= 0.3 is 0 Å². The Labute approximate surface area is 141 Å². The zero-order valence-corrected chi connectivity index (χ0v) is 13.9. The first-order valence-electron chi connectivity index (χ1n) is 7.74. The fourth-order valence-corrected chi connectivity index (χ4v) is 3.16. The molecule has 0 unspecified atom stereocenters. The van der Waals surface area contributed by atoms with Crippen molar-refractivity contribution in [3.8, 4) is 0 Å². The molecule has 0 saturated carbocycles. The molecule has 1 heterocycles. The number of para-hydroxylation sites is 1. The van der Waals surface area contributed by atoms with E-state index in [2.05, 4.69) is 49.0 Å². The van der Waals surface area contributed by atoms with Gasteiger partial charge in [0.05, 0.1) is 10.6 Å². The van der Waals surface area contributed by atoms with Gasteiger partial charge < -0.3 is 4.90 Å². The summed E-state index contributed by atoms with van der Waals surface area (Å²) in [5, 5.41) is 10.7. The Balaban J connectivity index is 1.86. The smallest absolute Gasteiger partial charge is 0.269 e. The molecule has 0 aromatic heterocycles. The van der Waals surface area contributed by atoms with Gasteiger partial charge in [0.25, 0.3) is 5.69 Å². The van der Waals surface area contributed by atoms with E-state index >= 15 is 0 Å². The molecule has 0 N–H and O–H groups in total. The Hall–Kier alpha value is -2.95. The van der Waals surface area contributed by atoms with E-state index in [-0.39, 0.29) is 11.1 Å². The van der Waals surface area contributed by atoms with Gasteiger partial charge in [-0.1, -0.05) is 32.0 Å². The molecule has 5 heteroatoms. The molecule has 1 aliphatic heterocycles. The lowest BCUT2D eigenvalue weighted by atomic mass is 9.84. The SMILES string of the molecule is CN1C(=CC=Nc2ccc([N+](=O)[O-])cc2)C(C)(C)c2ccccc21. The number of nitro groups is 1. The number of allylic oxidation sites excluding steroid dienone is 2. The molecule has 0 radical (unpaired) electrons. The van der Waals surface area contributed by atoms with Crippen molar-refractivity contribution in [2.75, 3.05) is 11.9 Å². The number of nitro benzene ring substituents is 1. The van der Waals surface area contributed by atoms with E-state index in [9.17, 15) is 10.1 Å². The maximum absolute atomic E-state index is 10.7. The Morgan fingerprint density at radius 2 is 1.79 bits per heavy atom. The topological polar surface area (TPSA) is 58.7 Å². The van der Waals surface area contributed by atoms with Gasteiger partial charge in [0.1, 0.15) is 0 Å². The first-order chi connectivity index (χ1) is 11.4. The first-order valence-corrected chi connectivity index (χ1v) is 7.74. The van der Waals surface area contributed by atoms with E-state index in [1.54, 1.807) is 18.3 Å². The van der Waals surface area contributed by atoms with Crippen LogP contribution in [-0.2, 0) is 5.41 Å². The van der Waals surface area contributed by atoms with Crippen molar-refractivity contribution in [3.05, 3.63) is 76.0 Å². The molecule has 0 spiro atoms. The van der Waals surface area contributed by atoms with Crippen molar-refractivity contribution in [2.45, 2.75) is 19.3 Å². The molecule has 0 saturated heterocycles. The second kappa shape index (κ2) is 5.92. The fourth-order valence-electron chi connectivity index (χ4n) is 3.16. The molecule has 24 heavy (non-hydrogen) atoms. The number of hydrogen-bond acceptors (Lipinski definition) is 4. The molecule has 122 valence electrons. The van der Waals surface area contributed by atoms with Crippen molar-refractivity contribution in [1.82, 2.24) is 0 Å². The van der Waals surface area contributed by atoms with Crippen LogP contribution in [0.2, 0.25) is 0 Å². The van der Waals surface area contributed by atoms with E-state index in [0.717, 1.165) is 5.70 Å². The highest BCUT2D eigenvalue weighted by atomic mass is 16.6. The summed E-state index contributed by atoms with van der Waals surface area (Å²) in [6, 6.07) is 14.6. The molecule has 0 aliphatic carbocycles. The molecule has 0 fully saturated rings. The molecule has 0 bridgehead atoms. The number of rotatable bonds is 3. The Morgan fingerprint density at radius 1 is 1.12 bits per heavy atom. The van der Waals surface area contributed by atoms with Crippen LogP contribution in [0.4, 0.5) is 17.1 Å². The molecule has 1 aliphatic rings. The van der Waals surface area contributed by atoms with Crippen molar-refractivity contribution in [1.29, 1.82) is 0 Å². The molecule has 5 nitrogen and oxygen atoms in total. The van der Waals surface area contributed by atoms with E-state index in [0.29, 0.717) is 5.69 Å². The van der Waals surface area contributed by atoms with E-state index in [1.807, 2.05) is 12.1 Å². The molecule has 0 amide bonds. The van der Waals surface area contributed by atoms with Crippen LogP contribution in [-0.4, -0.2) is 18.2 Å². The summed E-state index contributed by atoms with van der Waals surface area (Å²) in [6.07, 6.45) is 3.75. The Morgan fingerprint density at radius 3 is 2.42 bits per heavy atom. The van der Waals surface area contributed by atoms with Crippen LogP contribution >= 0.6 is 0 Å². The average Bonchev–Trinajstić information content (AvgIpc) is 2.76. The molecule has 0 atom stereocenters. The van der Waals surface area contributed by atoms with Crippen LogP contribution in [0.1, 0.15) is 19.4 Å². The van der Waals surface area contributed by atoms with Gasteiger partial charge in [0, 0.05) is 42.2 Å². The van der Waals surface area contributed by atoms with Crippen LogP contribution in [0.25, 0.3) is 0 Å². The minimum Gasteiger partial charge on any atom is -0.347 e. The van der Waals surface area contributed by atoms with E-state index in [4.69, 9.17) is 0 Å². The van der Waals surface area contributed by atoms with Crippen LogP contribution < -0.4 is 4.90 Å². The summed E-state index contributed by atoms with van der Waals surface area (Å²) >= 11 is 0. The third-order valence-electron chi connectivity index (χ3n) is 4.46. The van der Waals surface area contributed by atoms with Gasteiger partial charge in [0.15, 0.2) is 0 Å². The number of nitrogens with zero attached hydrogens (tertiary/aromatic N) is 3. The summed E-state index contributed by atoms with van der Waals surface area (Å²) in [6.45, 7) is 4.39. The highest BCUT2D eigenvalue weighted by Gasteiger charge is 2.37. The van der Waals surface area contributed by atoms with Crippen LogP contribution in [0.5, 0.6) is 0 Å². The van der Waals surface area contributed by atoms with Crippen LogP contribution in [0, 0.1) is 10.1 Å². The molecule has 2 aromatic rings. The highest BCUT2D eigenvalue weighted by molar-refractivity contribution is 5.80. The largest absolute Gasteiger partial charge is 0.347 e. The predicted octanol–water partition coefficient (Wildman–Crippen LogP) is 4.61. The van der Waals surface area contributed by atoms with Gasteiger partial charge in [-0.05, 0) is 29.8 Å². The summed E-state index contributed by atoms with van der Waals surface area (Å²) < 4.78 is 0. The standard InChI is InChI=1S/C19H19N3O2/c1-19(2)16-6-4-5-7-17(16)21(3)18(19)12-13-20-14-8-10-15(11-9-14)22(23)24/h4-13H,1-3H3. The third-order valence-corrected chi connectivity index (χ3v) is 4.46. The molecular weight excluding hydrogens is 302 g/mol. The summed E-state index contributed by atoms with van der Waals surface area (Å²) in [7, 11) is 2.05.